The van der Waals surface area contributed by atoms with Crippen molar-refractivity contribution in [2.24, 2.45) is 0 Å². The molecule has 31 heavy (non-hydrogen) atoms. The van der Waals surface area contributed by atoms with E-state index in [1.165, 1.54) is 42.6 Å². The molecule has 4 aromatic rings. The second-order valence-electron chi connectivity index (χ2n) is 7.41. The predicted octanol–water partition coefficient (Wildman–Crippen LogP) is 4.67. The molecule has 5 nitrogen and oxygen atoms in total. The summed E-state index contributed by atoms with van der Waals surface area (Å²) in [6, 6.07) is 16.3. The maximum Gasteiger partial charge on any atom is 0.279 e. The Labute approximate surface area is 177 Å². The monoisotopic (exact) mass is 419 g/mol. The zero-order valence-electron chi connectivity index (χ0n) is 16.9. The normalized spacial score (nSPS) is 12.0. The Morgan fingerprint density at radius 1 is 1.00 bits per heavy atom. The minimum absolute atomic E-state index is 0.186. The van der Waals surface area contributed by atoms with E-state index in [0.717, 1.165) is 9.42 Å². The van der Waals surface area contributed by atoms with E-state index in [4.69, 9.17) is 0 Å². The summed E-state index contributed by atoms with van der Waals surface area (Å²) in [4.78, 5) is 13.0. The van der Waals surface area contributed by atoms with Crippen LogP contribution in [-0.2, 0) is 0 Å². The topological polar surface area (TPSA) is 61.0 Å². The number of fused-ring (bicyclic) bond motifs is 1. The van der Waals surface area contributed by atoms with Crippen LogP contribution in [0.15, 0.2) is 71.5 Å². The number of aromatic nitrogens is 2. The molecule has 1 heterocycles. The van der Waals surface area contributed by atoms with Crippen LogP contribution in [0.1, 0.15) is 19.4 Å². The van der Waals surface area contributed by atoms with Crippen LogP contribution in [0.3, 0.4) is 0 Å². The van der Waals surface area contributed by atoms with Gasteiger partial charge in [-0.15, -0.1) is 0 Å². The van der Waals surface area contributed by atoms with Gasteiger partial charge in [-0.25, -0.2) is 13.5 Å². The molecule has 0 saturated heterocycles. The lowest BCUT2D eigenvalue weighted by Crippen LogP contribution is -2.22. The molecule has 156 valence electrons. The zero-order chi connectivity index (χ0) is 22.1. The van der Waals surface area contributed by atoms with Gasteiger partial charge in [0.25, 0.3) is 5.56 Å². The zero-order valence-corrected chi connectivity index (χ0v) is 16.9. The van der Waals surface area contributed by atoms with Gasteiger partial charge in [0, 0.05) is 16.5 Å². The number of benzene rings is 3. The van der Waals surface area contributed by atoms with Crippen molar-refractivity contribution in [2.75, 3.05) is 0 Å². The Bertz CT molecular complexity index is 1360. The van der Waals surface area contributed by atoms with Crippen LogP contribution in [0.2, 0.25) is 0 Å². The summed E-state index contributed by atoms with van der Waals surface area (Å²) in [5, 5.41) is 17.1. The number of hydrogen-bond acceptors (Lipinski definition) is 3. The van der Waals surface area contributed by atoms with E-state index >= 15 is 4.39 Å². The van der Waals surface area contributed by atoms with Crippen molar-refractivity contribution in [2.45, 2.75) is 19.9 Å². The third kappa shape index (κ3) is 3.94. The molecule has 0 saturated carbocycles. The summed E-state index contributed by atoms with van der Waals surface area (Å²) in [6.45, 7) is 3.48. The van der Waals surface area contributed by atoms with Crippen molar-refractivity contribution >= 4 is 17.0 Å². The quantitative estimate of drug-likeness (QED) is 0.209. The standard InChI is InChI=1S/C24H19F2N3O2/c1-15(2)28(31)14-16-7-12-21(22(26)13-16)23-19-5-3-4-6-20(19)24(30)29(27-23)18-10-8-17(25)9-11-18/h3-15H,1-2H3/b28-14+. The Balaban J connectivity index is 1.94. The van der Waals surface area contributed by atoms with Crippen molar-refractivity contribution in [3.05, 3.63) is 99.5 Å². The second-order valence-corrected chi connectivity index (χ2v) is 7.41. The molecule has 0 aliphatic rings. The molecule has 7 heteroatoms. The summed E-state index contributed by atoms with van der Waals surface area (Å²) in [6.07, 6.45) is 1.32. The molecule has 0 bridgehead atoms. The van der Waals surface area contributed by atoms with Crippen LogP contribution >= 0.6 is 0 Å². The average molecular weight is 419 g/mol. The van der Waals surface area contributed by atoms with Crippen LogP contribution in [0, 0.1) is 16.8 Å². The molecule has 3 aromatic carbocycles. The minimum atomic E-state index is -0.576. The van der Waals surface area contributed by atoms with Gasteiger partial charge in [0.1, 0.15) is 17.3 Å². The molecule has 0 N–H and O–H groups in total. The summed E-state index contributed by atoms with van der Waals surface area (Å²) in [7, 11) is 0. The van der Waals surface area contributed by atoms with E-state index < -0.39 is 17.2 Å². The highest BCUT2D eigenvalue weighted by Crippen LogP contribution is 2.28. The minimum Gasteiger partial charge on any atom is -0.624 e. The lowest BCUT2D eigenvalue weighted by molar-refractivity contribution is -0.487. The lowest BCUT2D eigenvalue weighted by atomic mass is 10.0. The van der Waals surface area contributed by atoms with Gasteiger partial charge < -0.3 is 5.21 Å². The predicted molar refractivity (Wildman–Crippen MR) is 117 cm³/mol. The molecule has 0 amide bonds. The summed E-state index contributed by atoms with van der Waals surface area (Å²) in [5.74, 6) is -1.02. The second kappa shape index (κ2) is 8.10. The van der Waals surface area contributed by atoms with Gasteiger partial charge in [0.05, 0.1) is 11.1 Å². The highest BCUT2D eigenvalue weighted by atomic mass is 19.1. The number of hydrogen-bond donors (Lipinski definition) is 0. The van der Waals surface area contributed by atoms with E-state index in [0.29, 0.717) is 22.0 Å². The van der Waals surface area contributed by atoms with Crippen molar-refractivity contribution < 1.29 is 13.5 Å². The molecule has 0 radical (unpaired) electrons. The summed E-state index contributed by atoms with van der Waals surface area (Å²) >= 11 is 0. The lowest BCUT2D eigenvalue weighted by Gasteiger charge is -2.12. The Kier molecular flexibility index (Phi) is 5.33. The van der Waals surface area contributed by atoms with Crippen molar-refractivity contribution in [3.63, 3.8) is 0 Å². The molecular weight excluding hydrogens is 400 g/mol. The average Bonchev–Trinajstić information content (AvgIpc) is 2.75. The molecule has 0 atom stereocenters. The number of halogens is 2. The van der Waals surface area contributed by atoms with Crippen LogP contribution < -0.4 is 5.56 Å². The highest BCUT2D eigenvalue weighted by Gasteiger charge is 2.17. The maximum atomic E-state index is 15.1. The SMILES string of the molecule is CC(C)/[N+]([O-])=C\c1ccc(-c2nn(-c3ccc(F)cc3)c(=O)c3ccccc23)c(F)c1. The van der Waals surface area contributed by atoms with E-state index in [1.807, 2.05) is 0 Å². The number of nitrogens with zero attached hydrogens (tertiary/aromatic N) is 3. The fraction of sp³-hybridized carbons (Fsp3) is 0.125. The van der Waals surface area contributed by atoms with E-state index in [-0.39, 0.29) is 17.3 Å². The van der Waals surface area contributed by atoms with E-state index in [9.17, 15) is 14.4 Å². The maximum absolute atomic E-state index is 15.1. The van der Waals surface area contributed by atoms with E-state index in [2.05, 4.69) is 5.10 Å². The molecule has 0 fully saturated rings. The van der Waals surface area contributed by atoms with Crippen molar-refractivity contribution in [1.29, 1.82) is 0 Å². The molecule has 0 spiro atoms. The molecule has 4 rings (SSSR count). The van der Waals surface area contributed by atoms with Crippen LogP contribution in [0.5, 0.6) is 0 Å². The van der Waals surface area contributed by atoms with Gasteiger partial charge in [-0.05, 0) is 62.4 Å². The number of rotatable bonds is 4. The molecule has 1 aromatic heterocycles. The van der Waals surface area contributed by atoms with Gasteiger partial charge in [-0.3, -0.25) is 4.79 Å². The van der Waals surface area contributed by atoms with Crippen molar-refractivity contribution in [1.82, 2.24) is 9.78 Å². The first-order chi connectivity index (χ1) is 14.8. The Morgan fingerprint density at radius 2 is 1.68 bits per heavy atom. The number of hydroxylamine groups is 1. The van der Waals surface area contributed by atoms with Crippen LogP contribution in [0.4, 0.5) is 8.78 Å². The van der Waals surface area contributed by atoms with Crippen molar-refractivity contribution in [3.8, 4) is 16.9 Å². The highest BCUT2D eigenvalue weighted by molar-refractivity contribution is 5.94. The fourth-order valence-electron chi connectivity index (χ4n) is 3.25. The van der Waals surface area contributed by atoms with Gasteiger partial charge in [0.2, 0.25) is 0 Å². The Hall–Kier alpha value is -3.87. The summed E-state index contributed by atoms with van der Waals surface area (Å²) < 4.78 is 30.3. The third-order valence-corrected chi connectivity index (χ3v) is 4.91. The van der Waals surface area contributed by atoms with Crippen LogP contribution in [0.25, 0.3) is 27.7 Å². The van der Waals surface area contributed by atoms with E-state index in [1.54, 1.807) is 44.2 Å². The molecule has 0 unspecified atom stereocenters. The smallest absolute Gasteiger partial charge is 0.279 e. The third-order valence-electron chi connectivity index (χ3n) is 4.91. The molecule has 0 aliphatic carbocycles. The first kappa shape index (κ1) is 20.4. The van der Waals surface area contributed by atoms with Crippen LogP contribution in [-0.4, -0.2) is 26.8 Å². The first-order valence-electron chi connectivity index (χ1n) is 9.73. The fourth-order valence-corrected chi connectivity index (χ4v) is 3.25. The molecule has 0 aliphatic heterocycles. The van der Waals surface area contributed by atoms with Gasteiger partial charge >= 0.3 is 0 Å². The van der Waals surface area contributed by atoms with Gasteiger partial charge in [0.15, 0.2) is 12.3 Å². The Morgan fingerprint density at radius 3 is 2.32 bits per heavy atom. The summed E-state index contributed by atoms with van der Waals surface area (Å²) in [5.41, 5.74) is 0.844. The first-order valence-corrected chi connectivity index (χ1v) is 9.73. The van der Waals surface area contributed by atoms with Gasteiger partial charge in [-0.2, -0.15) is 9.78 Å². The molecular formula is C24H19F2N3O2. The van der Waals surface area contributed by atoms with Gasteiger partial charge in [-0.1, -0.05) is 18.2 Å². The largest absolute Gasteiger partial charge is 0.624 e.